The molecule has 0 saturated heterocycles. The summed E-state index contributed by atoms with van der Waals surface area (Å²) in [6.07, 6.45) is 5.66. The fourth-order valence-corrected chi connectivity index (χ4v) is 2.58. The molecule has 0 aromatic heterocycles. The Morgan fingerprint density at radius 3 is 2.29 bits per heavy atom. The number of benzene rings is 1. The number of rotatable bonds is 2. The van der Waals surface area contributed by atoms with Gasteiger partial charge in [-0.3, -0.25) is 4.90 Å². The van der Waals surface area contributed by atoms with E-state index in [0.29, 0.717) is 5.02 Å². The average molecular weight is 253 g/mol. The Kier molecular flexibility index (Phi) is 3.89. The number of urea groups is 1. The molecule has 0 atom stereocenters. The lowest BCUT2D eigenvalue weighted by atomic mass is 9.94. The molecule has 17 heavy (non-hydrogen) atoms. The summed E-state index contributed by atoms with van der Waals surface area (Å²) in [7, 11) is 0. The van der Waals surface area contributed by atoms with Gasteiger partial charge in [0.2, 0.25) is 0 Å². The lowest BCUT2D eigenvalue weighted by Gasteiger charge is -2.33. The molecule has 0 heterocycles. The number of carbonyl (C=O) groups excluding carboxylic acids is 1. The first-order valence-corrected chi connectivity index (χ1v) is 6.40. The number of anilines is 1. The van der Waals surface area contributed by atoms with Crippen LogP contribution in [0, 0.1) is 0 Å². The molecule has 0 aliphatic heterocycles. The third-order valence-corrected chi connectivity index (χ3v) is 3.53. The molecular formula is C13H17ClN2O. The number of hydrogen-bond acceptors (Lipinski definition) is 1. The van der Waals surface area contributed by atoms with Crippen LogP contribution in [-0.4, -0.2) is 12.1 Å². The van der Waals surface area contributed by atoms with Gasteiger partial charge in [-0.2, -0.15) is 0 Å². The smallest absolute Gasteiger partial charge is 0.319 e. The fraction of sp³-hybridized carbons (Fsp3) is 0.462. The summed E-state index contributed by atoms with van der Waals surface area (Å²) >= 11 is 5.85. The largest absolute Gasteiger partial charge is 0.351 e. The summed E-state index contributed by atoms with van der Waals surface area (Å²) in [5, 5.41) is 0.668. The summed E-state index contributed by atoms with van der Waals surface area (Å²) in [4.78, 5) is 13.3. The highest BCUT2D eigenvalue weighted by Gasteiger charge is 2.24. The van der Waals surface area contributed by atoms with Crippen molar-refractivity contribution in [3.05, 3.63) is 29.3 Å². The number of amides is 2. The van der Waals surface area contributed by atoms with Gasteiger partial charge < -0.3 is 5.73 Å². The van der Waals surface area contributed by atoms with Gasteiger partial charge in [0.15, 0.2) is 0 Å². The van der Waals surface area contributed by atoms with Crippen LogP contribution >= 0.6 is 11.6 Å². The second-order valence-electron chi connectivity index (χ2n) is 4.48. The van der Waals surface area contributed by atoms with Gasteiger partial charge in [0.1, 0.15) is 0 Å². The molecule has 3 nitrogen and oxygen atoms in total. The number of primary amides is 1. The predicted molar refractivity (Wildman–Crippen MR) is 70.4 cm³/mol. The molecule has 2 rings (SSSR count). The average Bonchev–Trinajstić information content (AvgIpc) is 2.33. The fourth-order valence-electron chi connectivity index (χ4n) is 2.46. The molecule has 0 radical (unpaired) electrons. The van der Waals surface area contributed by atoms with E-state index in [1.165, 1.54) is 19.3 Å². The lowest BCUT2D eigenvalue weighted by Crippen LogP contribution is -2.44. The van der Waals surface area contributed by atoms with Gasteiger partial charge in [0, 0.05) is 16.8 Å². The van der Waals surface area contributed by atoms with Gasteiger partial charge in [0.05, 0.1) is 0 Å². The second-order valence-corrected chi connectivity index (χ2v) is 4.91. The molecule has 2 N–H and O–H groups in total. The molecule has 1 aliphatic carbocycles. The molecule has 1 fully saturated rings. The van der Waals surface area contributed by atoms with E-state index >= 15 is 0 Å². The zero-order valence-electron chi connectivity index (χ0n) is 9.73. The Bertz CT molecular complexity index is 385. The quantitative estimate of drug-likeness (QED) is 0.860. The van der Waals surface area contributed by atoms with Gasteiger partial charge in [-0.15, -0.1) is 0 Å². The van der Waals surface area contributed by atoms with Crippen molar-refractivity contribution in [3.63, 3.8) is 0 Å². The number of nitrogens with zero attached hydrogens (tertiary/aromatic N) is 1. The minimum atomic E-state index is -0.376. The maximum atomic E-state index is 11.6. The Morgan fingerprint density at radius 2 is 1.76 bits per heavy atom. The van der Waals surface area contributed by atoms with Crippen LogP contribution in [0.2, 0.25) is 5.02 Å². The van der Waals surface area contributed by atoms with Crippen molar-refractivity contribution in [2.24, 2.45) is 5.73 Å². The molecule has 0 spiro atoms. The molecule has 92 valence electrons. The topological polar surface area (TPSA) is 46.3 Å². The Hall–Kier alpha value is -1.22. The van der Waals surface area contributed by atoms with E-state index in [-0.39, 0.29) is 12.1 Å². The number of halogens is 1. The van der Waals surface area contributed by atoms with Gasteiger partial charge in [-0.1, -0.05) is 30.9 Å². The highest BCUT2D eigenvalue weighted by Crippen LogP contribution is 2.27. The van der Waals surface area contributed by atoms with Crippen LogP contribution < -0.4 is 10.6 Å². The first-order chi connectivity index (χ1) is 8.18. The standard InChI is InChI=1S/C13H17ClN2O/c14-10-6-8-12(9-7-10)16(13(15)17)11-4-2-1-3-5-11/h6-9,11H,1-5H2,(H2,15,17). The Morgan fingerprint density at radius 1 is 1.18 bits per heavy atom. The van der Waals surface area contributed by atoms with E-state index in [4.69, 9.17) is 17.3 Å². The van der Waals surface area contributed by atoms with Crippen LogP contribution in [0.15, 0.2) is 24.3 Å². The molecule has 4 heteroatoms. The van der Waals surface area contributed by atoms with Gasteiger partial charge >= 0.3 is 6.03 Å². The summed E-state index contributed by atoms with van der Waals surface area (Å²) in [6.45, 7) is 0. The van der Waals surface area contributed by atoms with Crippen LogP contribution in [0.5, 0.6) is 0 Å². The van der Waals surface area contributed by atoms with Crippen molar-refractivity contribution in [3.8, 4) is 0 Å². The molecular weight excluding hydrogens is 236 g/mol. The number of nitrogens with two attached hydrogens (primary N) is 1. The summed E-state index contributed by atoms with van der Waals surface area (Å²) in [6, 6.07) is 7.14. The third kappa shape index (κ3) is 2.91. The van der Waals surface area contributed by atoms with Crippen molar-refractivity contribution in [1.82, 2.24) is 0 Å². The first kappa shape index (κ1) is 12.2. The van der Waals surface area contributed by atoms with E-state index in [1.807, 2.05) is 12.1 Å². The number of carbonyl (C=O) groups is 1. The van der Waals surface area contributed by atoms with Crippen molar-refractivity contribution in [1.29, 1.82) is 0 Å². The molecule has 1 saturated carbocycles. The lowest BCUT2D eigenvalue weighted by molar-refractivity contribution is 0.249. The molecule has 1 aromatic carbocycles. The minimum absolute atomic E-state index is 0.238. The van der Waals surface area contributed by atoms with Crippen molar-refractivity contribution >= 4 is 23.3 Å². The van der Waals surface area contributed by atoms with Crippen molar-refractivity contribution < 1.29 is 4.79 Å². The monoisotopic (exact) mass is 252 g/mol. The van der Waals surface area contributed by atoms with Crippen LogP contribution in [0.25, 0.3) is 0 Å². The Balaban J connectivity index is 2.21. The summed E-state index contributed by atoms with van der Waals surface area (Å²) < 4.78 is 0. The highest BCUT2D eigenvalue weighted by atomic mass is 35.5. The van der Waals surface area contributed by atoms with E-state index in [9.17, 15) is 4.79 Å². The first-order valence-electron chi connectivity index (χ1n) is 6.03. The van der Waals surface area contributed by atoms with E-state index in [2.05, 4.69) is 0 Å². The summed E-state index contributed by atoms with van der Waals surface area (Å²) in [5.41, 5.74) is 6.33. The molecule has 1 aliphatic rings. The van der Waals surface area contributed by atoms with E-state index in [0.717, 1.165) is 18.5 Å². The third-order valence-electron chi connectivity index (χ3n) is 3.28. The molecule has 0 bridgehead atoms. The highest BCUT2D eigenvalue weighted by molar-refractivity contribution is 6.30. The van der Waals surface area contributed by atoms with Crippen LogP contribution in [0.3, 0.4) is 0 Å². The predicted octanol–water partition coefficient (Wildman–Crippen LogP) is 3.56. The molecule has 2 amide bonds. The van der Waals surface area contributed by atoms with Gasteiger partial charge in [0.25, 0.3) is 0 Å². The van der Waals surface area contributed by atoms with E-state index < -0.39 is 0 Å². The zero-order valence-corrected chi connectivity index (χ0v) is 10.5. The SMILES string of the molecule is NC(=O)N(c1ccc(Cl)cc1)C1CCCCC1. The zero-order chi connectivity index (χ0) is 12.3. The van der Waals surface area contributed by atoms with E-state index in [1.54, 1.807) is 17.0 Å². The van der Waals surface area contributed by atoms with Crippen LogP contribution in [0.1, 0.15) is 32.1 Å². The van der Waals surface area contributed by atoms with Gasteiger partial charge in [-0.05, 0) is 37.1 Å². The van der Waals surface area contributed by atoms with Crippen LogP contribution in [-0.2, 0) is 0 Å². The maximum Gasteiger partial charge on any atom is 0.319 e. The van der Waals surface area contributed by atoms with Gasteiger partial charge in [-0.25, -0.2) is 4.79 Å². The molecule has 1 aromatic rings. The van der Waals surface area contributed by atoms with Crippen molar-refractivity contribution in [2.45, 2.75) is 38.1 Å². The summed E-state index contributed by atoms with van der Waals surface area (Å²) in [5.74, 6) is 0. The number of hydrogen-bond donors (Lipinski definition) is 1. The van der Waals surface area contributed by atoms with Crippen molar-refractivity contribution in [2.75, 3.05) is 4.90 Å². The minimum Gasteiger partial charge on any atom is -0.351 e. The normalized spacial score (nSPS) is 16.8. The maximum absolute atomic E-state index is 11.6. The molecule has 0 unspecified atom stereocenters. The van der Waals surface area contributed by atoms with Crippen LogP contribution in [0.4, 0.5) is 10.5 Å². The Labute approximate surface area is 107 Å². The second kappa shape index (κ2) is 5.41.